The van der Waals surface area contributed by atoms with E-state index >= 15 is 0 Å². The molecule has 198 valence electrons. The van der Waals surface area contributed by atoms with Crippen LogP contribution in [0.5, 0.6) is 5.75 Å². The third-order valence-corrected chi connectivity index (χ3v) is 5.86. The molecule has 5 N–H and O–H groups in total. The molecule has 0 saturated heterocycles. The summed E-state index contributed by atoms with van der Waals surface area (Å²) in [5.41, 5.74) is 4.50. The van der Waals surface area contributed by atoms with Crippen LogP contribution in [0.1, 0.15) is 22.5 Å². The monoisotopic (exact) mass is 540 g/mol. The summed E-state index contributed by atoms with van der Waals surface area (Å²) in [4.78, 5) is 45.0. The molecule has 4 rings (SSSR count). The average molecular weight is 541 g/mol. The molecule has 0 fully saturated rings. The molecule has 1 unspecified atom stereocenters. The van der Waals surface area contributed by atoms with Gasteiger partial charge in [0.2, 0.25) is 5.95 Å². The van der Waals surface area contributed by atoms with Crippen LogP contribution in [0.2, 0.25) is 5.02 Å². The number of nitrogens with zero attached hydrogens (tertiary/aromatic N) is 4. The van der Waals surface area contributed by atoms with Gasteiger partial charge in [0.1, 0.15) is 17.2 Å². The number of aromatic nitrogens is 4. The minimum Gasteiger partial charge on any atom is -0.456 e. The van der Waals surface area contributed by atoms with Crippen molar-refractivity contribution in [2.45, 2.75) is 31.7 Å². The van der Waals surface area contributed by atoms with E-state index in [1.165, 1.54) is 16.8 Å². The molecule has 13 heteroatoms. The van der Waals surface area contributed by atoms with Gasteiger partial charge in [-0.3, -0.25) is 9.36 Å². The summed E-state index contributed by atoms with van der Waals surface area (Å²) < 4.78 is 7.82. The highest BCUT2D eigenvalue weighted by atomic mass is 35.5. The highest BCUT2D eigenvalue weighted by Crippen LogP contribution is 2.19. The lowest BCUT2D eigenvalue weighted by Gasteiger charge is -2.21. The van der Waals surface area contributed by atoms with Crippen molar-refractivity contribution in [3.63, 3.8) is 0 Å². The van der Waals surface area contributed by atoms with Gasteiger partial charge in [-0.15, -0.1) is 0 Å². The number of halogens is 1. The summed E-state index contributed by atoms with van der Waals surface area (Å²) in [5, 5.41) is 22.6. The first kappa shape index (κ1) is 26.8. The van der Waals surface area contributed by atoms with Crippen LogP contribution >= 0.6 is 11.6 Å². The molecule has 0 saturated carbocycles. The van der Waals surface area contributed by atoms with Crippen LogP contribution in [0, 0.1) is 0 Å². The zero-order valence-electron chi connectivity index (χ0n) is 20.0. The third-order valence-electron chi connectivity index (χ3n) is 5.61. The first-order valence-electron chi connectivity index (χ1n) is 11.6. The smallest absolute Gasteiger partial charge is 0.355 e. The molecule has 12 nitrogen and oxygen atoms in total. The summed E-state index contributed by atoms with van der Waals surface area (Å²) in [6.45, 7) is -0.933. The number of hydrogen-bond donors (Lipinski definition) is 4. The zero-order valence-corrected chi connectivity index (χ0v) is 20.8. The van der Waals surface area contributed by atoms with E-state index in [9.17, 15) is 19.5 Å². The Balaban J connectivity index is 1.54. The highest BCUT2D eigenvalue weighted by Gasteiger charge is 2.19. The number of nitrogens with two attached hydrogens (primary N) is 1. The number of nitrogens with one attached hydrogen (secondary N) is 1. The molecule has 1 aliphatic carbocycles. The van der Waals surface area contributed by atoms with E-state index in [-0.39, 0.29) is 24.2 Å². The summed E-state index contributed by atoms with van der Waals surface area (Å²) in [7, 11) is 0. The maximum atomic E-state index is 13.2. The lowest BCUT2D eigenvalue weighted by molar-refractivity contribution is 0.0785. The molecule has 2 atom stereocenters. The van der Waals surface area contributed by atoms with Crippen molar-refractivity contribution < 1.29 is 19.7 Å². The van der Waals surface area contributed by atoms with E-state index in [1.807, 2.05) is 0 Å². The fourth-order valence-corrected chi connectivity index (χ4v) is 3.78. The van der Waals surface area contributed by atoms with Crippen molar-refractivity contribution >= 4 is 23.5 Å². The molecule has 0 aliphatic heterocycles. The average Bonchev–Trinajstić information content (AvgIpc) is 2.91. The van der Waals surface area contributed by atoms with Gasteiger partial charge in [0.05, 0.1) is 38.0 Å². The van der Waals surface area contributed by atoms with Crippen LogP contribution in [0.4, 0.5) is 5.95 Å². The number of ether oxygens (including phenoxy) is 1. The van der Waals surface area contributed by atoms with Gasteiger partial charge in [-0.05, 0) is 48.4 Å². The lowest BCUT2D eigenvalue weighted by atomic mass is 10.1. The summed E-state index contributed by atoms with van der Waals surface area (Å²) >= 11 is 5.97. The summed E-state index contributed by atoms with van der Waals surface area (Å²) in [5.74, 6) is 0.368. The van der Waals surface area contributed by atoms with Crippen molar-refractivity contribution in [1.82, 2.24) is 19.1 Å². The van der Waals surface area contributed by atoms with Gasteiger partial charge in [0.15, 0.2) is 0 Å². The minimum absolute atomic E-state index is 0.0448. The van der Waals surface area contributed by atoms with Crippen molar-refractivity contribution in [2.75, 3.05) is 11.9 Å². The molecular weight excluding hydrogens is 516 g/mol. The van der Waals surface area contributed by atoms with Crippen LogP contribution in [-0.4, -0.2) is 54.0 Å². The van der Waals surface area contributed by atoms with E-state index in [0.717, 1.165) is 10.1 Å². The molecule has 1 aromatic carbocycles. The Labute approximate surface area is 221 Å². The first-order valence-corrected chi connectivity index (χ1v) is 11.9. The van der Waals surface area contributed by atoms with E-state index in [4.69, 9.17) is 27.2 Å². The zero-order chi connectivity index (χ0) is 27.2. The molecule has 0 radical (unpaired) electrons. The Morgan fingerprint density at radius 2 is 1.97 bits per heavy atom. The standard InChI is InChI=1S/C25H25ClN6O6/c26-16-3-1-15(2-4-16)12-31-23(30-24(36)32(25(31)37)13-18(34)14-33)29-17-5-7-19(8-6-17)38-20-9-10-21(22(27)35)28-11-20/h1-5,7-11,17-18,33-34H,6,12-14H2,(H2,27,35)(H,29,30,36)/t17?,18-/m0/s1. The van der Waals surface area contributed by atoms with E-state index < -0.39 is 36.5 Å². The normalized spacial score (nSPS) is 15.6. The highest BCUT2D eigenvalue weighted by molar-refractivity contribution is 6.30. The SMILES string of the molecule is NC(=O)c1ccc(OC2=CCC(Nc3nc(=O)n(C[C@H](O)CO)c(=O)n3Cc3ccc(Cl)cc3)C=C2)cn1. The van der Waals surface area contributed by atoms with Crippen LogP contribution < -0.4 is 27.2 Å². The molecule has 0 bridgehead atoms. The second-order valence-electron chi connectivity index (χ2n) is 8.46. The number of rotatable bonds is 10. The number of hydrogen-bond acceptors (Lipinski definition) is 9. The largest absolute Gasteiger partial charge is 0.456 e. The Morgan fingerprint density at radius 3 is 2.58 bits per heavy atom. The van der Waals surface area contributed by atoms with Crippen molar-refractivity contribution in [2.24, 2.45) is 5.73 Å². The van der Waals surface area contributed by atoms with Gasteiger partial charge in [0.25, 0.3) is 5.91 Å². The van der Waals surface area contributed by atoms with Gasteiger partial charge in [-0.2, -0.15) is 4.98 Å². The van der Waals surface area contributed by atoms with Crippen molar-refractivity contribution in [1.29, 1.82) is 0 Å². The van der Waals surface area contributed by atoms with Crippen molar-refractivity contribution in [3.8, 4) is 5.75 Å². The second kappa shape index (κ2) is 11.9. The van der Waals surface area contributed by atoms with E-state index in [1.54, 1.807) is 48.6 Å². The van der Waals surface area contributed by atoms with Crippen LogP contribution in [-0.2, 0) is 13.1 Å². The van der Waals surface area contributed by atoms with Gasteiger partial charge < -0.3 is 26.0 Å². The van der Waals surface area contributed by atoms with Crippen LogP contribution in [0.25, 0.3) is 0 Å². The predicted octanol–water partition coefficient (Wildman–Crippen LogP) is 0.657. The van der Waals surface area contributed by atoms with Crippen molar-refractivity contribution in [3.05, 3.63) is 104 Å². The molecule has 2 heterocycles. The quantitative estimate of drug-likeness (QED) is 0.288. The fraction of sp³-hybridized carbons (Fsp3) is 0.240. The van der Waals surface area contributed by atoms with E-state index in [0.29, 0.717) is 23.0 Å². The molecular formula is C25H25ClN6O6. The molecule has 38 heavy (non-hydrogen) atoms. The molecule has 2 aromatic heterocycles. The van der Waals surface area contributed by atoms with Gasteiger partial charge in [-0.1, -0.05) is 29.8 Å². The molecule has 0 spiro atoms. The Hall–Kier alpha value is -4.26. The van der Waals surface area contributed by atoms with Gasteiger partial charge in [0, 0.05) is 5.02 Å². The number of pyridine rings is 1. The maximum absolute atomic E-state index is 13.2. The van der Waals surface area contributed by atoms with Gasteiger partial charge in [-0.25, -0.2) is 19.1 Å². The van der Waals surface area contributed by atoms with Crippen LogP contribution in [0.3, 0.4) is 0 Å². The maximum Gasteiger partial charge on any atom is 0.355 e. The number of carbonyl (C=O) groups is 1. The Bertz CT molecular complexity index is 1480. The second-order valence-corrected chi connectivity index (χ2v) is 8.89. The third kappa shape index (κ3) is 6.54. The van der Waals surface area contributed by atoms with Crippen LogP contribution in [0.15, 0.2) is 76.2 Å². The summed E-state index contributed by atoms with van der Waals surface area (Å²) in [6.07, 6.45) is 5.85. The summed E-state index contributed by atoms with van der Waals surface area (Å²) in [6, 6.07) is 9.57. The Morgan fingerprint density at radius 1 is 1.21 bits per heavy atom. The number of aliphatic hydroxyl groups excluding tert-OH is 2. The van der Waals surface area contributed by atoms with Gasteiger partial charge >= 0.3 is 11.4 Å². The number of aliphatic hydroxyl groups is 2. The topological polar surface area (TPSA) is 175 Å². The number of carbonyl (C=O) groups excluding carboxylic acids is 1. The number of anilines is 1. The molecule has 1 amide bonds. The Kier molecular flexibility index (Phi) is 8.36. The number of benzene rings is 1. The lowest BCUT2D eigenvalue weighted by Crippen LogP contribution is -2.46. The minimum atomic E-state index is -1.29. The molecule has 3 aromatic rings. The number of amides is 1. The fourth-order valence-electron chi connectivity index (χ4n) is 3.65. The number of primary amides is 1. The van der Waals surface area contributed by atoms with E-state index in [2.05, 4.69) is 15.3 Å². The predicted molar refractivity (Wildman–Crippen MR) is 139 cm³/mol. The number of allylic oxidation sites excluding steroid dienone is 1. The first-order chi connectivity index (χ1) is 18.2. The molecule has 1 aliphatic rings.